The lowest BCUT2D eigenvalue weighted by Crippen LogP contribution is -1.92. The van der Waals surface area contributed by atoms with Crippen molar-refractivity contribution in [1.82, 2.24) is 9.78 Å². The second kappa shape index (κ2) is 2.90. The number of aryl methyl sites for hydroxylation is 2. The van der Waals surface area contributed by atoms with E-state index in [2.05, 4.69) is 41.5 Å². The highest BCUT2D eigenvalue weighted by atomic mass is 127. The zero-order chi connectivity index (χ0) is 7.72. The summed E-state index contributed by atoms with van der Waals surface area (Å²) in [6.45, 7) is 4.22. The summed E-state index contributed by atoms with van der Waals surface area (Å²) in [6, 6.07) is 0. The van der Waals surface area contributed by atoms with Gasteiger partial charge in [0.05, 0.1) is 9.26 Å². The lowest BCUT2D eigenvalue weighted by atomic mass is 10.3. The normalized spacial score (nSPS) is 10.4. The summed E-state index contributed by atoms with van der Waals surface area (Å²) in [5.41, 5.74) is 2.47. The largest absolute Gasteiger partial charge is 0.272 e. The number of rotatable bonds is 1. The first-order valence-corrected chi connectivity index (χ1v) is 4.42. The van der Waals surface area contributed by atoms with Gasteiger partial charge in [-0.1, -0.05) is 6.92 Å². The van der Waals surface area contributed by atoms with E-state index in [1.807, 2.05) is 11.7 Å². The maximum atomic E-state index is 4.34. The molecule has 1 aromatic rings. The average Bonchev–Trinajstić information content (AvgIpc) is 2.17. The van der Waals surface area contributed by atoms with Crippen LogP contribution in [-0.2, 0) is 13.5 Å². The van der Waals surface area contributed by atoms with Gasteiger partial charge in [0.25, 0.3) is 0 Å². The Bertz CT molecular complexity index is 240. The topological polar surface area (TPSA) is 17.8 Å². The molecule has 1 rings (SSSR count). The van der Waals surface area contributed by atoms with Crippen LogP contribution in [-0.4, -0.2) is 9.78 Å². The van der Waals surface area contributed by atoms with Gasteiger partial charge in [-0.15, -0.1) is 0 Å². The summed E-state index contributed by atoms with van der Waals surface area (Å²) in [4.78, 5) is 0. The fourth-order valence-electron chi connectivity index (χ4n) is 0.877. The third-order valence-corrected chi connectivity index (χ3v) is 3.07. The van der Waals surface area contributed by atoms with Gasteiger partial charge in [-0.05, 0) is 35.9 Å². The van der Waals surface area contributed by atoms with Gasteiger partial charge >= 0.3 is 0 Å². The van der Waals surface area contributed by atoms with Crippen LogP contribution in [0.1, 0.15) is 18.3 Å². The summed E-state index contributed by atoms with van der Waals surface area (Å²) in [5.74, 6) is 0. The molecule has 3 heteroatoms. The summed E-state index contributed by atoms with van der Waals surface area (Å²) < 4.78 is 3.24. The Morgan fingerprint density at radius 2 is 2.20 bits per heavy atom. The smallest absolute Gasteiger partial charge is 0.0758 e. The van der Waals surface area contributed by atoms with Crippen LogP contribution in [0.25, 0.3) is 0 Å². The van der Waals surface area contributed by atoms with E-state index >= 15 is 0 Å². The van der Waals surface area contributed by atoms with Crippen molar-refractivity contribution in [2.24, 2.45) is 7.05 Å². The molecule has 10 heavy (non-hydrogen) atoms. The molecular formula is C7H11IN2. The average molecular weight is 250 g/mol. The molecule has 0 aliphatic heterocycles. The molecule has 0 aliphatic carbocycles. The maximum absolute atomic E-state index is 4.34. The standard InChI is InChI=1S/C7H11IN2/c1-4-6-7(8)5(2)10(3)9-6/h4H2,1-3H3. The van der Waals surface area contributed by atoms with Gasteiger partial charge in [0.1, 0.15) is 0 Å². The molecular weight excluding hydrogens is 239 g/mol. The van der Waals surface area contributed by atoms with Gasteiger partial charge in [0.15, 0.2) is 0 Å². The van der Waals surface area contributed by atoms with Crippen LogP contribution < -0.4 is 0 Å². The number of nitrogens with zero attached hydrogens (tertiary/aromatic N) is 2. The lowest BCUT2D eigenvalue weighted by molar-refractivity contribution is 0.723. The third-order valence-electron chi connectivity index (χ3n) is 1.66. The molecule has 1 aromatic heterocycles. The van der Waals surface area contributed by atoms with Crippen LogP contribution in [0.15, 0.2) is 0 Å². The van der Waals surface area contributed by atoms with E-state index in [0.717, 1.165) is 6.42 Å². The molecule has 0 saturated heterocycles. The molecule has 0 fully saturated rings. The minimum absolute atomic E-state index is 1.03. The van der Waals surface area contributed by atoms with Gasteiger partial charge in [-0.25, -0.2) is 0 Å². The van der Waals surface area contributed by atoms with Crippen LogP contribution in [0, 0.1) is 10.5 Å². The van der Waals surface area contributed by atoms with Gasteiger partial charge in [0, 0.05) is 12.7 Å². The highest BCUT2D eigenvalue weighted by molar-refractivity contribution is 14.1. The molecule has 0 atom stereocenters. The summed E-state index contributed by atoms with van der Waals surface area (Å²) in [6.07, 6.45) is 1.03. The molecule has 0 aromatic carbocycles. The molecule has 0 bridgehead atoms. The molecule has 0 radical (unpaired) electrons. The molecule has 56 valence electrons. The van der Waals surface area contributed by atoms with E-state index in [9.17, 15) is 0 Å². The van der Waals surface area contributed by atoms with Crippen molar-refractivity contribution in [3.8, 4) is 0 Å². The van der Waals surface area contributed by atoms with Crippen LogP contribution in [0.4, 0.5) is 0 Å². The minimum atomic E-state index is 1.03. The fourth-order valence-corrected chi connectivity index (χ4v) is 1.72. The van der Waals surface area contributed by atoms with Crippen molar-refractivity contribution in [3.05, 3.63) is 15.0 Å². The van der Waals surface area contributed by atoms with E-state index in [4.69, 9.17) is 0 Å². The van der Waals surface area contributed by atoms with E-state index < -0.39 is 0 Å². The van der Waals surface area contributed by atoms with Crippen LogP contribution >= 0.6 is 22.6 Å². The predicted molar refractivity (Wildman–Crippen MR) is 50.0 cm³/mol. The first kappa shape index (κ1) is 8.04. The Hall–Kier alpha value is -0.0600. The molecule has 1 heterocycles. The Kier molecular flexibility index (Phi) is 2.33. The summed E-state index contributed by atoms with van der Waals surface area (Å²) >= 11 is 2.34. The van der Waals surface area contributed by atoms with E-state index in [1.54, 1.807) is 0 Å². The molecule has 2 nitrogen and oxygen atoms in total. The second-order valence-electron chi connectivity index (χ2n) is 2.32. The van der Waals surface area contributed by atoms with E-state index in [0.29, 0.717) is 0 Å². The van der Waals surface area contributed by atoms with Gasteiger partial charge in [-0.3, -0.25) is 4.68 Å². The number of halogens is 1. The summed E-state index contributed by atoms with van der Waals surface area (Å²) in [7, 11) is 1.98. The number of hydrogen-bond acceptors (Lipinski definition) is 1. The summed E-state index contributed by atoms with van der Waals surface area (Å²) in [5, 5.41) is 4.34. The monoisotopic (exact) mass is 250 g/mol. The molecule has 0 saturated carbocycles. The SMILES string of the molecule is CCc1nn(C)c(C)c1I. The van der Waals surface area contributed by atoms with Crippen molar-refractivity contribution >= 4 is 22.6 Å². The maximum Gasteiger partial charge on any atom is 0.0758 e. The van der Waals surface area contributed by atoms with Crippen molar-refractivity contribution in [2.45, 2.75) is 20.3 Å². The highest BCUT2D eigenvalue weighted by Gasteiger charge is 2.06. The predicted octanol–water partition coefficient (Wildman–Crippen LogP) is 1.90. The second-order valence-corrected chi connectivity index (χ2v) is 3.40. The zero-order valence-corrected chi connectivity index (χ0v) is 8.64. The fraction of sp³-hybridized carbons (Fsp3) is 0.571. The zero-order valence-electron chi connectivity index (χ0n) is 6.48. The Balaban J connectivity index is 3.17. The molecule has 0 aliphatic rings. The van der Waals surface area contributed by atoms with Crippen LogP contribution in [0.5, 0.6) is 0 Å². The lowest BCUT2D eigenvalue weighted by Gasteiger charge is -1.89. The Labute approximate surface area is 74.8 Å². The van der Waals surface area contributed by atoms with Crippen molar-refractivity contribution in [2.75, 3.05) is 0 Å². The van der Waals surface area contributed by atoms with Crippen LogP contribution in [0.2, 0.25) is 0 Å². The van der Waals surface area contributed by atoms with Gasteiger partial charge in [-0.2, -0.15) is 5.10 Å². The molecule has 0 N–H and O–H groups in total. The van der Waals surface area contributed by atoms with E-state index in [-0.39, 0.29) is 0 Å². The molecule has 0 amide bonds. The van der Waals surface area contributed by atoms with Gasteiger partial charge in [0.2, 0.25) is 0 Å². The first-order chi connectivity index (χ1) is 4.66. The number of hydrogen-bond donors (Lipinski definition) is 0. The minimum Gasteiger partial charge on any atom is -0.272 e. The third kappa shape index (κ3) is 1.19. The van der Waals surface area contributed by atoms with Crippen LogP contribution in [0.3, 0.4) is 0 Å². The van der Waals surface area contributed by atoms with Crippen molar-refractivity contribution in [1.29, 1.82) is 0 Å². The number of aromatic nitrogens is 2. The Morgan fingerprint density at radius 3 is 2.40 bits per heavy atom. The molecule has 0 spiro atoms. The quantitative estimate of drug-likeness (QED) is 0.696. The first-order valence-electron chi connectivity index (χ1n) is 3.34. The van der Waals surface area contributed by atoms with Crippen molar-refractivity contribution < 1.29 is 0 Å². The van der Waals surface area contributed by atoms with Gasteiger partial charge < -0.3 is 0 Å². The highest BCUT2D eigenvalue weighted by Crippen LogP contribution is 2.15. The Morgan fingerprint density at radius 1 is 1.60 bits per heavy atom. The van der Waals surface area contributed by atoms with Crippen molar-refractivity contribution in [3.63, 3.8) is 0 Å². The molecule has 0 unspecified atom stereocenters. The van der Waals surface area contributed by atoms with E-state index in [1.165, 1.54) is 15.0 Å².